The number of thioether (sulfide) groups is 1. The Kier molecular flexibility index (Phi) is 2.34. The van der Waals surface area contributed by atoms with Crippen molar-refractivity contribution in [2.75, 3.05) is 6.26 Å². The zero-order chi connectivity index (χ0) is 7.56. The van der Waals surface area contributed by atoms with Gasteiger partial charge in [-0.3, -0.25) is 0 Å². The minimum atomic E-state index is -0.0838. The molecule has 0 aliphatic heterocycles. The molecule has 1 N–H and O–H groups in total. The molecule has 0 fully saturated rings. The van der Waals surface area contributed by atoms with Gasteiger partial charge in [-0.1, -0.05) is 23.4 Å². The molecule has 0 saturated carbocycles. The fourth-order valence-corrected chi connectivity index (χ4v) is 0.958. The first kappa shape index (κ1) is 7.63. The first-order valence-electron chi connectivity index (χ1n) is 2.49. The van der Waals surface area contributed by atoms with Crippen LogP contribution in [0.2, 0.25) is 5.15 Å². The summed E-state index contributed by atoms with van der Waals surface area (Å²) in [6, 6.07) is 0. The van der Waals surface area contributed by atoms with Crippen molar-refractivity contribution in [3.63, 3.8) is 0 Å². The van der Waals surface area contributed by atoms with Crippen molar-refractivity contribution in [1.29, 1.82) is 0 Å². The lowest BCUT2D eigenvalue weighted by molar-refractivity contribution is 0.467. The number of hydrogen-bond acceptors (Lipinski definition) is 4. The van der Waals surface area contributed by atoms with Gasteiger partial charge in [0.15, 0.2) is 16.1 Å². The average molecular weight is 177 g/mol. The molecule has 0 aliphatic carbocycles. The Balaban J connectivity index is 3.04. The van der Waals surface area contributed by atoms with Crippen LogP contribution < -0.4 is 0 Å². The number of aromatic nitrogens is 2. The molecule has 3 nitrogen and oxygen atoms in total. The van der Waals surface area contributed by atoms with Crippen LogP contribution in [0.1, 0.15) is 0 Å². The van der Waals surface area contributed by atoms with Gasteiger partial charge in [0.2, 0.25) is 0 Å². The molecule has 54 valence electrons. The van der Waals surface area contributed by atoms with Crippen LogP contribution in [0.5, 0.6) is 5.75 Å². The van der Waals surface area contributed by atoms with Gasteiger partial charge in [0.1, 0.15) is 0 Å². The lowest BCUT2D eigenvalue weighted by atomic mass is 10.6. The van der Waals surface area contributed by atoms with Crippen molar-refractivity contribution in [2.45, 2.75) is 5.16 Å². The van der Waals surface area contributed by atoms with E-state index in [-0.39, 0.29) is 10.9 Å². The highest BCUT2D eigenvalue weighted by molar-refractivity contribution is 7.98. The normalized spacial score (nSPS) is 9.80. The van der Waals surface area contributed by atoms with Crippen molar-refractivity contribution >= 4 is 23.4 Å². The fraction of sp³-hybridized carbons (Fsp3) is 0.200. The van der Waals surface area contributed by atoms with Crippen LogP contribution in [0.25, 0.3) is 0 Å². The average Bonchev–Trinajstić information content (AvgIpc) is 1.95. The summed E-state index contributed by atoms with van der Waals surface area (Å²) in [6.07, 6.45) is 3.11. The van der Waals surface area contributed by atoms with Crippen molar-refractivity contribution in [2.24, 2.45) is 0 Å². The summed E-state index contributed by atoms with van der Waals surface area (Å²) >= 11 is 6.85. The van der Waals surface area contributed by atoms with Crippen LogP contribution >= 0.6 is 23.4 Å². The van der Waals surface area contributed by atoms with Crippen molar-refractivity contribution in [3.8, 4) is 5.75 Å². The maximum atomic E-state index is 8.87. The van der Waals surface area contributed by atoms with Gasteiger partial charge in [-0.25, -0.2) is 9.97 Å². The molecule has 0 bridgehead atoms. The molecule has 0 radical (unpaired) electrons. The van der Waals surface area contributed by atoms with E-state index < -0.39 is 0 Å². The first-order chi connectivity index (χ1) is 4.74. The second-order valence-electron chi connectivity index (χ2n) is 1.53. The summed E-state index contributed by atoms with van der Waals surface area (Å²) < 4.78 is 0. The van der Waals surface area contributed by atoms with Crippen LogP contribution in [-0.4, -0.2) is 21.3 Å². The lowest BCUT2D eigenvalue weighted by Crippen LogP contribution is -1.84. The topological polar surface area (TPSA) is 46.0 Å². The summed E-state index contributed by atoms with van der Waals surface area (Å²) in [4.78, 5) is 7.53. The van der Waals surface area contributed by atoms with E-state index in [0.717, 1.165) is 0 Å². The van der Waals surface area contributed by atoms with Crippen LogP contribution in [0.4, 0.5) is 0 Å². The fourth-order valence-electron chi connectivity index (χ4n) is 0.438. The summed E-state index contributed by atoms with van der Waals surface area (Å²) in [5, 5.41) is 9.53. The second-order valence-corrected chi connectivity index (χ2v) is 2.66. The smallest absolute Gasteiger partial charge is 0.188 e. The van der Waals surface area contributed by atoms with E-state index in [9.17, 15) is 0 Å². The molecule has 0 spiro atoms. The summed E-state index contributed by atoms with van der Waals surface area (Å²) in [7, 11) is 0. The molecule has 1 heterocycles. The molecule has 1 rings (SSSR count). The number of rotatable bonds is 1. The predicted molar refractivity (Wildman–Crippen MR) is 40.5 cm³/mol. The third-order valence-electron chi connectivity index (χ3n) is 0.885. The highest BCUT2D eigenvalue weighted by Gasteiger charge is 2.00. The molecule has 1 aromatic rings. The van der Waals surface area contributed by atoms with Gasteiger partial charge in [0.05, 0.1) is 6.20 Å². The Hall–Kier alpha value is -0.480. The Labute approximate surface area is 67.5 Å². The van der Waals surface area contributed by atoms with E-state index in [2.05, 4.69) is 9.97 Å². The minimum absolute atomic E-state index is 0.0838. The Morgan fingerprint density at radius 2 is 2.40 bits per heavy atom. The van der Waals surface area contributed by atoms with E-state index >= 15 is 0 Å². The molecule has 0 atom stereocenters. The highest BCUT2D eigenvalue weighted by Crippen LogP contribution is 2.20. The standard InChI is InChI=1S/C5H5ClN2OS/c1-10-5-7-2-3(9)4(6)8-5/h2,9H,1H3. The van der Waals surface area contributed by atoms with E-state index in [0.29, 0.717) is 5.16 Å². The first-order valence-corrected chi connectivity index (χ1v) is 4.10. The van der Waals surface area contributed by atoms with E-state index in [1.165, 1.54) is 18.0 Å². The third-order valence-corrected chi connectivity index (χ3v) is 1.72. The minimum Gasteiger partial charge on any atom is -0.504 e. The lowest BCUT2D eigenvalue weighted by Gasteiger charge is -1.95. The van der Waals surface area contributed by atoms with E-state index in [4.69, 9.17) is 16.7 Å². The van der Waals surface area contributed by atoms with Gasteiger partial charge >= 0.3 is 0 Å². The molecular formula is C5H5ClN2OS. The van der Waals surface area contributed by atoms with Gasteiger partial charge in [0, 0.05) is 0 Å². The quantitative estimate of drug-likeness (QED) is 0.401. The van der Waals surface area contributed by atoms with Crippen molar-refractivity contribution in [1.82, 2.24) is 9.97 Å². The summed E-state index contributed by atoms with van der Waals surface area (Å²) in [6.45, 7) is 0. The molecule has 5 heteroatoms. The molecule has 0 saturated heterocycles. The maximum absolute atomic E-state index is 8.87. The Bertz CT molecular complexity index is 243. The summed E-state index contributed by atoms with van der Waals surface area (Å²) in [5.74, 6) is -0.0838. The zero-order valence-electron chi connectivity index (χ0n) is 5.21. The predicted octanol–water partition coefficient (Wildman–Crippen LogP) is 1.56. The van der Waals surface area contributed by atoms with Gasteiger partial charge in [-0.15, -0.1) is 0 Å². The monoisotopic (exact) mass is 176 g/mol. The maximum Gasteiger partial charge on any atom is 0.188 e. The zero-order valence-corrected chi connectivity index (χ0v) is 6.78. The number of halogens is 1. The van der Waals surface area contributed by atoms with E-state index in [1.807, 2.05) is 6.26 Å². The largest absolute Gasteiger partial charge is 0.504 e. The van der Waals surface area contributed by atoms with Gasteiger partial charge in [-0.05, 0) is 6.26 Å². The SMILES string of the molecule is CSc1ncc(O)c(Cl)n1. The molecule has 0 aliphatic rings. The Morgan fingerprint density at radius 3 is 2.90 bits per heavy atom. The molecule has 0 amide bonds. The molecule has 10 heavy (non-hydrogen) atoms. The highest BCUT2D eigenvalue weighted by atomic mass is 35.5. The number of hydrogen-bond donors (Lipinski definition) is 1. The number of nitrogens with zero attached hydrogens (tertiary/aromatic N) is 2. The van der Waals surface area contributed by atoms with Crippen LogP contribution in [-0.2, 0) is 0 Å². The van der Waals surface area contributed by atoms with Crippen molar-refractivity contribution in [3.05, 3.63) is 11.3 Å². The third kappa shape index (κ3) is 1.52. The van der Waals surface area contributed by atoms with Gasteiger partial charge < -0.3 is 5.11 Å². The van der Waals surface area contributed by atoms with E-state index in [1.54, 1.807) is 0 Å². The molecule has 0 unspecified atom stereocenters. The molecular weight excluding hydrogens is 172 g/mol. The van der Waals surface area contributed by atoms with Gasteiger partial charge in [-0.2, -0.15) is 0 Å². The second kappa shape index (κ2) is 3.07. The molecule has 0 aromatic carbocycles. The van der Waals surface area contributed by atoms with Crippen LogP contribution in [0, 0.1) is 0 Å². The van der Waals surface area contributed by atoms with Crippen molar-refractivity contribution < 1.29 is 5.11 Å². The van der Waals surface area contributed by atoms with Crippen LogP contribution in [0.3, 0.4) is 0 Å². The van der Waals surface area contributed by atoms with Crippen LogP contribution in [0.15, 0.2) is 11.4 Å². The number of aromatic hydroxyl groups is 1. The Morgan fingerprint density at radius 1 is 1.70 bits per heavy atom. The molecule has 1 aromatic heterocycles. The van der Waals surface area contributed by atoms with Gasteiger partial charge in [0.25, 0.3) is 0 Å². The summed E-state index contributed by atoms with van der Waals surface area (Å²) in [5.41, 5.74) is 0.